The van der Waals surface area contributed by atoms with Gasteiger partial charge in [-0.05, 0) is 25.5 Å². The number of rotatable bonds is 6. The molecule has 20 heavy (non-hydrogen) atoms. The third kappa shape index (κ3) is 3.87. The maximum Gasteiger partial charge on any atom is 0.243 e. The molecule has 8 heteroatoms. The van der Waals surface area contributed by atoms with Crippen molar-refractivity contribution in [2.75, 3.05) is 12.3 Å². The summed E-state index contributed by atoms with van der Waals surface area (Å²) in [6.07, 6.45) is 1.04. The van der Waals surface area contributed by atoms with Gasteiger partial charge in [-0.25, -0.2) is 21.9 Å². The van der Waals surface area contributed by atoms with Gasteiger partial charge >= 0.3 is 0 Å². The SMILES string of the molecule is CCCC(C)(O)CNS(=O)(=O)c1ccc(F)c(N)c1F. The number of halogens is 2. The van der Waals surface area contributed by atoms with Gasteiger partial charge in [0, 0.05) is 6.54 Å². The van der Waals surface area contributed by atoms with Crippen LogP contribution in [0.15, 0.2) is 17.0 Å². The summed E-state index contributed by atoms with van der Waals surface area (Å²) in [5.74, 6) is -2.37. The number of sulfonamides is 1. The molecule has 0 aliphatic rings. The predicted molar refractivity (Wildman–Crippen MR) is 71.5 cm³/mol. The molecule has 0 spiro atoms. The van der Waals surface area contributed by atoms with Crippen LogP contribution >= 0.6 is 0 Å². The van der Waals surface area contributed by atoms with Gasteiger partial charge < -0.3 is 10.8 Å². The molecule has 1 rings (SSSR count). The van der Waals surface area contributed by atoms with Crippen molar-refractivity contribution in [3.63, 3.8) is 0 Å². The van der Waals surface area contributed by atoms with Crippen molar-refractivity contribution in [3.8, 4) is 0 Å². The summed E-state index contributed by atoms with van der Waals surface area (Å²) >= 11 is 0. The predicted octanol–water partition coefficient (Wildman–Crippen LogP) is 1.38. The van der Waals surface area contributed by atoms with Crippen LogP contribution in [0.4, 0.5) is 14.5 Å². The van der Waals surface area contributed by atoms with Gasteiger partial charge in [-0.15, -0.1) is 0 Å². The molecule has 0 heterocycles. The Morgan fingerprint density at radius 2 is 2.00 bits per heavy atom. The van der Waals surface area contributed by atoms with Crippen molar-refractivity contribution in [1.29, 1.82) is 0 Å². The first-order valence-electron chi connectivity index (χ1n) is 6.06. The number of benzene rings is 1. The monoisotopic (exact) mass is 308 g/mol. The zero-order valence-electron chi connectivity index (χ0n) is 11.3. The van der Waals surface area contributed by atoms with Crippen LogP contribution < -0.4 is 10.5 Å². The second-order valence-electron chi connectivity index (χ2n) is 4.84. The standard InChI is InChI=1S/C12H18F2N2O3S/c1-3-6-12(2,17)7-16-20(18,19)9-5-4-8(13)11(15)10(9)14/h4-5,16-17H,3,6-7,15H2,1-2H3. The van der Waals surface area contributed by atoms with Crippen LogP contribution in [-0.2, 0) is 10.0 Å². The van der Waals surface area contributed by atoms with Crippen molar-refractivity contribution in [2.24, 2.45) is 0 Å². The highest BCUT2D eigenvalue weighted by Gasteiger charge is 2.26. The maximum atomic E-state index is 13.7. The summed E-state index contributed by atoms with van der Waals surface area (Å²) < 4.78 is 52.6. The van der Waals surface area contributed by atoms with Gasteiger partial charge in [-0.1, -0.05) is 13.3 Å². The molecule has 1 aromatic carbocycles. The lowest BCUT2D eigenvalue weighted by atomic mass is 10.0. The van der Waals surface area contributed by atoms with E-state index in [1.807, 2.05) is 6.92 Å². The van der Waals surface area contributed by atoms with Crippen molar-refractivity contribution >= 4 is 15.7 Å². The fourth-order valence-electron chi connectivity index (χ4n) is 1.71. The molecular weight excluding hydrogens is 290 g/mol. The molecule has 114 valence electrons. The van der Waals surface area contributed by atoms with E-state index in [4.69, 9.17) is 5.73 Å². The van der Waals surface area contributed by atoms with Crippen LogP contribution in [0.2, 0.25) is 0 Å². The first-order chi connectivity index (χ1) is 9.10. The van der Waals surface area contributed by atoms with Gasteiger partial charge in [-0.2, -0.15) is 0 Å². The van der Waals surface area contributed by atoms with E-state index in [2.05, 4.69) is 4.72 Å². The van der Waals surface area contributed by atoms with Gasteiger partial charge in [0.1, 0.15) is 16.4 Å². The number of hydrogen-bond donors (Lipinski definition) is 3. The van der Waals surface area contributed by atoms with Crippen LogP contribution in [0, 0.1) is 11.6 Å². The average molecular weight is 308 g/mol. The van der Waals surface area contributed by atoms with E-state index in [1.54, 1.807) is 0 Å². The Hall–Kier alpha value is -1.25. The molecule has 0 aliphatic heterocycles. The Kier molecular flexibility index (Phi) is 5.06. The molecule has 0 aromatic heterocycles. The van der Waals surface area contributed by atoms with Gasteiger partial charge in [0.15, 0.2) is 5.82 Å². The molecular formula is C12H18F2N2O3S. The summed E-state index contributed by atoms with van der Waals surface area (Å²) in [7, 11) is -4.21. The molecule has 5 nitrogen and oxygen atoms in total. The van der Waals surface area contributed by atoms with E-state index >= 15 is 0 Å². The number of nitrogen functional groups attached to an aromatic ring is 1. The quantitative estimate of drug-likeness (QED) is 0.692. The highest BCUT2D eigenvalue weighted by atomic mass is 32.2. The molecule has 1 unspecified atom stereocenters. The summed E-state index contributed by atoms with van der Waals surface area (Å²) in [6.45, 7) is 3.03. The number of aliphatic hydroxyl groups is 1. The smallest absolute Gasteiger partial charge is 0.243 e. The van der Waals surface area contributed by atoms with Gasteiger partial charge in [0.2, 0.25) is 10.0 Å². The number of hydrogen-bond acceptors (Lipinski definition) is 4. The zero-order valence-corrected chi connectivity index (χ0v) is 12.1. The summed E-state index contributed by atoms with van der Waals surface area (Å²) in [5, 5.41) is 9.89. The first-order valence-corrected chi connectivity index (χ1v) is 7.54. The summed E-state index contributed by atoms with van der Waals surface area (Å²) in [5.41, 5.74) is 3.02. The number of nitrogens with two attached hydrogens (primary N) is 1. The molecule has 0 saturated carbocycles. The maximum absolute atomic E-state index is 13.7. The molecule has 0 amide bonds. The minimum Gasteiger partial charge on any atom is -0.394 e. The van der Waals surface area contributed by atoms with Crippen molar-refractivity contribution < 1.29 is 22.3 Å². The average Bonchev–Trinajstić information content (AvgIpc) is 2.34. The van der Waals surface area contributed by atoms with Crippen molar-refractivity contribution in [3.05, 3.63) is 23.8 Å². The van der Waals surface area contributed by atoms with Crippen molar-refractivity contribution in [2.45, 2.75) is 37.2 Å². The molecule has 0 radical (unpaired) electrons. The third-order valence-electron chi connectivity index (χ3n) is 2.81. The van der Waals surface area contributed by atoms with Gasteiger partial charge in [0.25, 0.3) is 0 Å². The first kappa shape index (κ1) is 16.8. The Labute approximate surface area is 116 Å². The molecule has 1 atom stereocenters. The van der Waals surface area contributed by atoms with E-state index in [1.165, 1.54) is 6.92 Å². The highest BCUT2D eigenvalue weighted by Crippen LogP contribution is 2.23. The zero-order chi connectivity index (χ0) is 15.6. The second-order valence-corrected chi connectivity index (χ2v) is 6.58. The molecule has 0 saturated heterocycles. The molecule has 4 N–H and O–H groups in total. The van der Waals surface area contributed by atoms with Gasteiger partial charge in [-0.3, -0.25) is 0 Å². The normalized spacial score (nSPS) is 15.1. The van der Waals surface area contributed by atoms with E-state index in [-0.39, 0.29) is 6.54 Å². The van der Waals surface area contributed by atoms with Crippen LogP contribution in [0.25, 0.3) is 0 Å². The van der Waals surface area contributed by atoms with Crippen LogP contribution in [0.5, 0.6) is 0 Å². The Balaban J connectivity index is 2.99. The summed E-state index contributed by atoms with van der Waals surface area (Å²) in [6, 6.07) is 1.56. The molecule has 1 aromatic rings. The molecule has 0 bridgehead atoms. The highest BCUT2D eigenvalue weighted by molar-refractivity contribution is 7.89. The van der Waals surface area contributed by atoms with E-state index in [0.717, 1.165) is 12.1 Å². The largest absolute Gasteiger partial charge is 0.394 e. The summed E-state index contributed by atoms with van der Waals surface area (Å²) in [4.78, 5) is -0.747. The molecule has 0 aliphatic carbocycles. The number of nitrogens with one attached hydrogen (secondary N) is 1. The topological polar surface area (TPSA) is 92.4 Å². The lowest BCUT2D eigenvalue weighted by Gasteiger charge is -2.23. The van der Waals surface area contributed by atoms with E-state index < -0.39 is 37.8 Å². The van der Waals surface area contributed by atoms with Crippen molar-refractivity contribution in [1.82, 2.24) is 4.72 Å². The minimum absolute atomic E-state index is 0.278. The number of anilines is 1. The van der Waals surface area contributed by atoms with E-state index in [9.17, 15) is 22.3 Å². The van der Waals surface area contributed by atoms with Gasteiger partial charge in [0.05, 0.1) is 5.60 Å². The Morgan fingerprint density at radius 1 is 1.40 bits per heavy atom. The molecule has 0 fully saturated rings. The lowest BCUT2D eigenvalue weighted by molar-refractivity contribution is 0.0554. The third-order valence-corrected chi connectivity index (χ3v) is 4.23. The fraction of sp³-hybridized carbons (Fsp3) is 0.500. The Bertz CT molecular complexity index is 589. The van der Waals surface area contributed by atoms with E-state index in [0.29, 0.717) is 12.8 Å². The van der Waals surface area contributed by atoms with Crippen LogP contribution in [0.1, 0.15) is 26.7 Å². The fourth-order valence-corrected chi connectivity index (χ4v) is 2.96. The minimum atomic E-state index is -4.21. The lowest BCUT2D eigenvalue weighted by Crippen LogP contribution is -2.40. The van der Waals surface area contributed by atoms with Crippen LogP contribution in [0.3, 0.4) is 0 Å². The van der Waals surface area contributed by atoms with Crippen LogP contribution in [-0.4, -0.2) is 25.7 Å². The second kappa shape index (κ2) is 6.02. The Morgan fingerprint density at radius 3 is 2.55 bits per heavy atom.